The van der Waals surface area contributed by atoms with Crippen LogP contribution in [0.25, 0.3) is 0 Å². The van der Waals surface area contributed by atoms with Crippen LogP contribution in [0.2, 0.25) is 10.2 Å². The van der Waals surface area contributed by atoms with Crippen molar-refractivity contribution in [1.82, 2.24) is 19.3 Å². The first kappa shape index (κ1) is 15.2. The number of rotatable bonds is 4. The molecule has 0 aliphatic rings. The lowest BCUT2D eigenvalue weighted by Gasteiger charge is -2.12. The van der Waals surface area contributed by atoms with Crippen LogP contribution in [0.15, 0.2) is 29.7 Å². The van der Waals surface area contributed by atoms with Crippen molar-refractivity contribution in [3.63, 3.8) is 0 Å². The van der Waals surface area contributed by atoms with Gasteiger partial charge in [-0.3, -0.25) is 4.98 Å². The van der Waals surface area contributed by atoms with Gasteiger partial charge in [-0.15, -0.1) is 0 Å². The van der Waals surface area contributed by atoms with Crippen LogP contribution >= 0.6 is 23.2 Å². The third kappa shape index (κ3) is 3.12. The van der Waals surface area contributed by atoms with E-state index in [0.29, 0.717) is 10.7 Å². The topological polar surface area (TPSA) is 76.9 Å². The second-order valence-electron chi connectivity index (χ2n) is 4.20. The van der Waals surface area contributed by atoms with Crippen LogP contribution < -0.4 is 4.72 Å². The van der Waals surface area contributed by atoms with Crippen LogP contribution in [0.4, 0.5) is 0 Å². The largest absolute Gasteiger partial charge is 0.324 e. The van der Waals surface area contributed by atoms with Gasteiger partial charge in [0.05, 0.1) is 23.1 Å². The fourth-order valence-corrected chi connectivity index (χ4v) is 3.32. The zero-order valence-electron chi connectivity index (χ0n) is 10.7. The van der Waals surface area contributed by atoms with Gasteiger partial charge in [-0.05, 0) is 19.1 Å². The van der Waals surface area contributed by atoms with Crippen molar-refractivity contribution in [3.8, 4) is 0 Å². The second-order valence-corrected chi connectivity index (χ2v) is 6.62. The van der Waals surface area contributed by atoms with E-state index in [1.807, 2.05) is 0 Å². The van der Waals surface area contributed by atoms with Crippen LogP contribution in [0, 0.1) is 0 Å². The molecule has 2 heterocycles. The minimum Gasteiger partial charge on any atom is -0.324 e. The highest BCUT2D eigenvalue weighted by atomic mass is 35.5. The van der Waals surface area contributed by atoms with Crippen molar-refractivity contribution in [2.75, 3.05) is 0 Å². The minimum atomic E-state index is -3.81. The maximum atomic E-state index is 12.2. The molecule has 0 saturated carbocycles. The van der Waals surface area contributed by atoms with Gasteiger partial charge in [0.25, 0.3) is 10.0 Å². The van der Waals surface area contributed by atoms with Crippen molar-refractivity contribution < 1.29 is 8.42 Å². The zero-order valence-corrected chi connectivity index (χ0v) is 13.0. The molecule has 1 N–H and O–H groups in total. The molecule has 0 spiro atoms. The van der Waals surface area contributed by atoms with Crippen molar-refractivity contribution in [3.05, 3.63) is 40.5 Å². The van der Waals surface area contributed by atoms with E-state index >= 15 is 0 Å². The van der Waals surface area contributed by atoms with E-state index in [9.17, 15) is 8.42 Å². The van der Waals surface area contributed by atoms with E-state index in [2.05, 4.69) is 14.7 Å². The lowest BCUT2D eigenvalue weighted by molar-refractivity contribution is 0.561. The molecule has 0 aromatic carbocycles. The summed E-state index contributed by atoms with van der Waals surface area (Å²) in [7, 11) is -2.20. The predicted octanol–water partition coefficient (Wildman–Crippen LogP) is 2.16. The average Bonchev–Trinajstić information content (AvgIpc) is 2.71. The normalized spacial score (nSPS) is 13.4. The highest BCUT2D eigenvalue weighted by molar-refractivity contribution is 7.89. The number of aryl methyl sites for hydroxylation is 1. The molecule has 0 saturated heterocycles. The van der Waals surface area contributed by atoms with Crippen LogP contribution in [0.1, 0.15) is 18.7 Å². The summed E-state index contributed by atoms with van der Waals surface area (Å²) in [5, 5.41) is 0.327. The van der Waals surface area contributed by atoms with Crippen LogP contribution in [0.5, 0.6) is 0 Å². The van der Waals surface area contributed by atoms with Crippen LogP contribution in [-0.2, 0) is 17.1 Å². The number of nitrogens with zero attached hydrogens (tertiary/aromatic N) is 3. The lowest BCUT2D eigenvalue weighted by atomic mass is 10.2. The average molecular weight is 335 g/mol. The lowest BCUT2D eigenvalue weighted by Crippen LogP contribution is -2.28. The molecule has 0 radical (unpaired) electrons. The molecular formula is C11H12Cl2N4O2S. The summed E-state index contributed by atoms with van der Waals surface area (Å²) >= 11 is 11.6. The molecule has 0 aliphatic carbocycles. The number of aromatic nitrogens is 3. The standard InChI is InChI=1S/C11H12Cl2N4O2S/c1-7(9-4-3-8(12)5-14-9)16-20(18,19)11-10(13)17(2)6-15-11/h3-7,16H,1-2H3/t7-/m1/s1. The molecule has 20 heavy (non-hydrogen) atoms. The molecule has 2 aromatic rings. The number of imidazole rings is 1. The van der Waals surface area contributed by atoms with E-state index in [-0.39, 0.29) is 10.2 Å². The third-order valence-corrected chi connectivity index (χ3v) is 4.87. The number of pyridine rings is 1. The van der Waals surface area contributed by atoms with Crippen molar-refractivity contribution in [2.45, 2.75) is 18.0 Å². The van der Waals surface area contributed by atoms with Crippen molar-refractivity contribution in [1.29, 1.82) is 0 Å². The number of nitrogens with one attached hydrogen (secondary N) is 1. The molecule has 1 atom stereocenters. The molecule has 2 rings (SSSR count). The number of halogens is 2. The fourth-order valence-electron chi connectivity index (χ4n) is 1.57. The Morgan fingerprint density at radius 3 is 2.50 bits per heavy atom. The van der Waals surface area contributed by atoms with Gasteiger partial charge in [-0.1, -0.05) is 23.2 Å². The van der Waals surface area contributed by atoms with Gasteiger partial charge < -0.3 is 4.57 Å². The SMILES string of the molecule is C[C@@H](NS(=O)(=O)c1ncn(C)c1Cl)c1ccc(Cl)cn1. The first-order valence-corrected chi connectivity index (χ1v) is 7.86. The Morgan fingerprint density at radius 2 is 2.00 bits per heavy atom. The van der Waals surface area contributed by atoms with Crippen LogP contribution in [-0.4, -0.2) is 23.0 Å². The van der Waals surface area contributed by atoms with E-state index in [0.717, 1.165) is 0 Å². The molecule has 0 unspecified atom stereocenters. The maximum Gasteiger partial charge on any atom is 0.261 e. The molecule has 0 bridgehead atoms. The van der Waals surface area contributed by atoms with E-state index in [1.54, 1.807) is 26.1 Å². The van der Waals surface area contributed by atoms with Gasteiger partial charge >= 0.3 is 0 Å². The van der Waals surface area contributed by atoms with E-state index in [4.69, 9.17) is 23.2 Å². The van der Waals surface area contributed by atoms with Crippen molar-refractivity contribution in [2.24, 2.45) is 7.05 Å². The highest BCUT2D eigenvalue weighted by Gasteiger charge is 2.25. The molecule has 9 heteroatoms. The van der Waals surface area contributed by atoms with E-state index in [1.165, 1.54) is 17.1 Å². The summed E-state index contributed by atoms with van der Waals surface area (Å²) in [5.41, 5.74) is 0.546. The van der Waals surface area contributed by atoms with Gasteiger partial charge in [0, 0.05) is 13.2 Å². The van der Waals surface area contributed by atoms with Crippen LogP contribution in [0.3, 0.4) is 0 Å². The van der Waals surface area contributed by atoms with Gasteiger partial charge in [0.2, 0.25) is 5.03 Å². The summed E-state index contributed by atoms with van der Waals surface area (Å²) in [6.45, 7) is 1.67. The summed E-state index contributed by atoms with van der Waals surface area (Å²) in [4.78, 5) is 7.85. The molecule has 0 aliphatic heterocycles. The van der Waals surface area contributed by atoms with Gasteiger partial charge in [0.15, 0.2) is 0 Å². The van der Waals surface area contributed by atoms with Gasteiger partial charge in [0.1, 0.15) is 5.15 Å². The first-order chi connectivity index (χ1) is 9.31. The quantitative estimate of drug-likeness (QED) is 0.929. The van der Waals surface area contributed by atoms with Gasteiger partial charge in [-0.25, -0.2) is 18.1 Å². The highest BCUT2D eigenvalue weighted by Crippen LogP contribution is 2.21. The Hall–Kier alpha value is -1.15. The Bertz CT molecular complexity index is 713. The Labute approximate surface area is 126 Å². The summed E-state index contributed by atoms with van der Waals surface area (Å²) in [6, 6.07) is 2.76. The summed E-state index contributed by atoms with van der Waals surface area (Å²) < 4.78 is 28.3. The second kappa shape index (κ2) is 5.69. The Balaban J connectivity index is 2.24. The Kier molecular flexibility index (Phi) is 4.33. The maximum absolute atomic E-state index is 12.2. The predicted molar refractivity (Wildman–Crippen MR) is 76.2 cm³/mol. The van der Waals surface area contributed by atoms with Gasteiger partial charge in [-0.2, -0.15) is 0 Å². The number of hydrogen-bond acceptors (Lipinski definition) is 4. The number of sulfonamides is 1. The minimum absolute atomic E-state index is 0.0498. The monoisotopic (exact) mass is 334 g/mol. The summed E-state index contributed by atoms with van der Waals surface area (Å²) in [6.07, 6.45) is 2.79. The summed E-state index contributed by atoms with van der Waals surface area (Å²) in [5.74, 6) is 0. The third-order valence-electron chi connectivity index (χ3n) is 2.61. The molecule has 0 amide bonds. The molecule has 0 fully saturated rings. The Morgan fingerprint density at radius 1 is 1.30 bits per heavy atom. The molecular weight excluding hydrogens is 323 g/mol. The molecule has 6 nitrogen and oxygen atoms in total. The first-order valence-electron chi connectivity index (χ1n) is 5.62. The smallest absolute Gasteiger partial charge is 0.261 e. The zero-order chi connectivity index (χ0) is 14.9. The molecule has 2 aromatic heterocycles. The molecule has 108 valence electrons. The van der Waals surface area contributed by atoms with Crippen molar-refractivity contribution >= 4 is 33.2 Å². The van der Waals surface area contributed by atoms with E-state index < -0.39 is 16.1 Å². The number of hydrogen-bond donors (Lipinski definition) is 1. The fraction of sp³-hybridized carbons (Fsp3) is 0.273.